The van der Waals surface area contributed by atoms with E-state index in [2.05, 4.69) is 15.2 Å². The summed E-state index contributed by atoms with van der Waals surface area (Å²) in [5.41, 5.74) is 1.81. The van der Waals surface area contributed by atoms with E-state index in [1.165, 1.54) is 87.9 Å². The molecule has 1 N–H and O–H groups in total. The molecule has 0 radical (unpaired) electrons. The Balaban J connectivity index is 1.35. The fraction of sp³-hybridized carbons (Fsp3) is 0.565. The number of carbonyl (C=O) groups excluding carboxylic acids is 1. The van der Waals surface area contributed by atoms with Gasteiger partial charge >= 0.3 is 0 Å². The predicted octanol–water partition coefficient (Wildman–Crippen LogP) is 4.80. The highest BCUT2D eigenvalue weighted by molar-refractivity contribution is 7.13. The molecule has 0 atom stereocenters. The monoisotopic (exact) mass is 415 g/mol. The molecule has 1 aliphatic carbocycles. The summed E-state index contributed by atoms with van der Waals surface area (Å²) in [5.74, 6) is -0.210. The molecule has 4 nitrogen and oxygen atoms in total. The second-order valence-corrected chi connectivity index (χ2v) is 9.30. The predicted molar refractivity (Wildman–Crippen MR) is 115 cm³/mol. The van der Waals surface area contributed by atoms with Gasteiger partial charge in [-0.05, 0) is 63.0 Å². The molecule has 2 aliphatic rings. The SMILES string of the molecule is O=C(Cc1csc(-c2ccc(F)cc2)n1)NCC1(N2CCCCC2)CCCCC1. The molecule has 29 heavy (non-hydrogen) atoms. The van der Waals surface area contributed by atoms with E-state index in [0.717, 1.165) is 22.8 Å². The van der Waals surface area contributed by atoms with Crippen LogP contribution in [0.3, 0.4) is 0 Å². The number of rotatable bonds is 6. The van der Waals surface area contributed by atoms with Crippen LogP contribution in [-0.4, -0.2) is 41.0 Å². The Morgan fingerprint density at radius 2 is 1.76 bits per heavy atom. The summed E-state index contributed by atoms with van der Waals surface area (Å²) in [5, 5.41) is 5.98. The zero-order valence-corrected chi connectivity index (χ0v) is 17.8. The van der Waals surface area contributed by atoms with Crippen LogP contribution in [0, 0.1) is 5.82 Å². The van der Waals surface area contributed by atoms with Crippen LogP contribution in [0.2, 0.25) is 0 Å². The molecule has 1 saturated carbocycles. The highest BCUT2D eigenvalue weighted by atomic mass is 32.1. The van der Waals surface area contributed by atoms with Crippen LogP contribution in [0.5, 0.6) is 0 Å². The van der Waals surface area contributed by atoms with E-state index in [-0.39, 0.29) is 17.3 Å². The molecule has 2 fully saturated rings. The number of hydrogen-bond acceptors (Lipinski definition) is 4. The number of likely N-dealkylation sites (tertiary alicyclic amines) is 1. The van der Waals surface area contributed by atoms with Crippen LogP contribution >= 0.6 is 11.3 Å². The van der Waals surface area contributed by atoms with Crippen molar-refractivity contribution >= 4 is 17.2 Å². The first-order valence-electron chi connectivity index (χ1n) is 10.9. The number of thiazole rings is 1. The van der Waals surface area contributed by atoms with Crippen molar-refractivity contribution in [2.75, 3.05) is 19.6 Å². The Kier molecular flexibility index (Phi) is 6.60. The summed E-state index contributed by atoms with van der Waals surface area (Å²) in [6.07, 6.45) is 10.4. The minimum Gasteiger partial charge on any atom is -0.354 e. The minimum atomic E-state index is -0.254. The molecule has 6 heteroatoms. The fourth-order valence-electron chi connectivity index (χ4n) is 4.79. The summed E-state index contributed by atoms with van der Waals surface area (Å²) in [4.78, 5) is 19.9. The molecule has 2 heterocycles. The quantitative estimate of drug-likeness (QED) is 0.737. The largest absolute Gasteiger partial charge is 0.354 e. The number of nitrogens with one attached hydrogen (secondary N) is 1. The van der Waals surface area contributed by atoms with Gasteiger partial charge in [-0.2, -0.15) is 0 Å². The maximum atomic E-state index is 13.1. The molecule has 1 aliphatic heterocycles. The minimum absolute atomic E-state index is 0.0444. The van der Waals surface area contributed by atoms with E-state index in [4.69, 9.17) is 0 Å². The first kappa shape index (κ1) is 20.5. The molecule has 1 amide bonds. The summed E-state index contributed by atoms with van der Waals surface area (Å²) in [7, 11) is 0. The third-order valence-electron chi connectivity index (χ3n) is 6.41. The van der Waals surface area contributed by atoms with Crippen LogP contribution in [0.15, 0.2) is 29.6 Å². The standard InChI is InChI=1S/C23H30FN3OS/c24-19-9-7-18(8-10-19)22-26-20(16-29-22)15-21(28)25-17-23(11-3-1-4-12-23)27-13-5-2-6-14-27/h7-10,16H,1-6,11-15,17H2,(H,25,28). The number of benzene rings is 1. The van der Waals surface area contributed by atoms with Gasteiger partial charge in [-0.15, -0.1) is 11.3 Å². The van der Waals surface area contributed by atoms with Crippen LogP contribution in [0.4, 0.5) is 4.39 Å². The van der Waals surface area contributed by atoms with Crippen LogP contribution < -0.4 is 5.32 Å². The van der Waals surface area contributed by atoms with Crippen molar-refractivity contribution in [3.63, 3.8) is 0 Å². The van der Waals surface area contributed by atoms with E-state index < -0.39 is 0 Å². The number of piperidine rings is 1. The molecular formula is C23H30FN3OS. The molecule has 1 saturated heterocycles. The zero-order valence-electron chi connectivity index (χ0n) is 17.0. The number of aromatic nitrogens is 1. The smallest absolute Gasteiger partial charge is 0.226 e. The lowest BCUT2D eigenvalue weighted by atomic mass is 9.79. The van der Waals surface area contributed by atoms with Gasteiger partial charge in [-0.3, -0.25) is 9.69 Å². The molecule has 2 aromatic rings. The fourth-order valence-corrected chi connectivity index (χ4v) is 5.61. The van der Waals surface area contributed by atoms with E-state index in [9.17, 15) is 9.18 Å². The second-order valence-electron chi connectivity index (χ2n) is 8.44. The molecular weight excluding hydrogens is 385 g/mol. The number of hydrogen-bond donors (Lipinski definition) is 1. The Morgan fingerprint density at radius 1 is 1.07 bits per heavy atom. The van der Waals surface area contributed by atoms with Gasteiger partial charge in [-0.1, -0.05) is 25.7 Å². The Morgan fingerprint density at radius 3 is 2.48 bits per heavy atom. The zero-order chi connectivity index (χ0) is 20.1. The van der Waals surface area contributed by atoms with Crippen LogP contribution in [0.25, 0.3) is 10.6 Å². The normalized spacial score (nSPS) is 19.8. The Hall–Kier alpha value is -1.79. The lowest BCUT2D eigenvalue weighted by molar-refractivity contribution is -0.121. The van der Waals surface area contributed by atoms with Gasteiger partial charge in [0.05, 0.1) is 12.1 Å². The summed E-state index contributed by atoms with van der Waals surface area (Å²) >= 11 is 1.50. The van der Waals surface area contributed by atoms with Crippen molar-refractivity contribution in [2.45, 2.75) is 63.3 Å². The van der Waals surface area contributed by atoms with Crippen molar-refractivity contribution in [3.05, 3.63) is 41.2 Å². The van der Waals surface area contributed by atoms with Crippen LogP contribution in [-0.2, 0) is 11.2 Å². The van der Waals surface area contributed by atoms with Gasteiger partial charge in [-0.25, -0.2) is 9.37 Å². The van der Waals surface area contributed by atoms with Crippen molar-refractivity contribution < 1.29 is 9.18 Å². The Labute approximate surface area is 176 Å². The molecule has 0 unspecified atom stereocenters. The third-order valence-corrected chi connectivity index (χ3v) is 7.35. The van der Waals surface area contributed by atoms with Gasteiger partial charge < -0.3 is 5.32 Å². The first-order chi connectivity index (χ1) is 14.1. The van der Waals surface area contributed by atoms with E-state index in [0.29, 0.717) is 6.42 Å². The molecule has 1 aromatic carbocycles. The van der Waals surface area contributed by atoms with Gasteiger partial charge in [0.25, 0.3) is 0 Å². The van der Waals surface area contributed by atoms with E-state index in [1.807, 2.05) is 5.38 Å². The lowest BCUT2D eigenvalue weighted by Crippen LogP contribution is -2.58. The van der Waals surface area contributed by atoms with E-state index >= 15 is 0 Å². The molecule has 0 bridgehead atoms. The maximum absolute atomic E-state index is 13.1. The number of amides is 1. The number of halogens is 1. The third kappa shape index (κ3) is 5.04. The average Bonchev–Trinajstić information content (AvgIpc) is 3.22. The first-order valence-corrected chi connectivity index (χ1v) is 11.7. The highest BCUT2D eigenvalue weighted by Gasteiger charge is 2.38. The van der Waals surface area contributed by atoms with E-state index in [1.54, 1.807) is 12.1 Å². The summed E-state index contributed by atoms with van der Waals surface area (Å²) in [6.45, 7) is 3.09. The van der Waals surface area contributed by atoms with Gasteiger partial charge in [0.1, 0.15) is 10.8 Å². The topological polar surface area (TPSA) is 45.2 Å². The van der Waals surface area contributed by atoms with Gasteiger partial charge in [0.15, 0.2) is 0 Å². The number of nitrogens with zero attached hydrogens (tertiary/aromatic N) is 2. The lowest BCUT2D eigenvalue weighted by Gasteiger charge is -2.48. The average molecular weight is 416 g/mol. The summed E-state index contributed by atoms with van der Waals surface area (Å²) < 4.78 is 13.1. The van der Waals surface area contributed by atoms with Crippen molar-refractivity contribution in [1.82, 2.24) is 15.2 Å². The number of carbonyl (C=O) groups is 1. The second kappa shape index (κ2) is 9.35. The van der Waals surface area contributed by atoms with Crippen molar-refractivity contribution in [3.8, 4) is 10.6 Å². The Bertz CT molecular complexity index is 808. The molecule has 1 aromatic heterocycles. The van der Waals surface area contributed by atoms with Crippen molar-refractivity contribution in [2.24, 2.45) is 0 Å². The maximum Gasteiger partial charge on any atom is 0.226 e. The van der Waals surface area contributed by atoms with Crippen LogP contribution in [0.1, 0.15) is 57.1 Å². The van der Waals surface area contributed by atoms with Crippen molar-refractivity contribution in [1.29, 1.82) is 0 Å². The van der Waals surface area contributed by atoms with Gasteiger partial charge in [0.2, 0.25) is 5.91 Å². The summed E-state index contributed by atoms with van der Waals surface area (Å²) in [6, 6.07) is 6.33. The molecule has 156 valence electrons. The highest BCUT2D eigenvalue weighted by Crippen LogP contribution is 2.35. The molecule has 0 spiro atoms. The van der Waals surface area contributed by atoms with Gasteiger partial charge in [0, 0.05) is 23.0 Å². The molecule has 4 rings (SSSR count).